The van der Waals surface area contributed by atoms with Gasteiger partial charge in [-0.05, 0) is 0 Å². The van der Waals surface area contributed by atoms with Crippen LogP contribution in [-0.4, -0.2) is 5.48 Å². The minimum Gasteiger partial charge on any atom is -0.822 e. The molecule has 0 saturated carbocycles. The normalized spacial score (nSPS) is 8.43. The van der Waals surface area contributed by atoms with E-state index < -0.39 is 7.82 Å². The van der Waals surface area contributed by atoms with Gasteiger partial charge in [0, 0.05) is 0 Å². The standard InChI is InChI=1S/Mn.H3O4P.H2O/c;1-5(2,3)4;/h;(H3,1,2,3,4);1H2/q+3;;/p-3. The van der Waals surface area contributed by atoms with Crippen molar-refractivity contribution in [3.05, 3.63) is 0 Å². The summed E-state index contributed by atoms with van der Waals surface area (Å²) >= 11 is 0. The van der Waals surface area contributed by atoms with Crippen molar-refractivity contribution >= 4 is 7.82 Å². The molecule has 0 unspecified atom stereocenters. The Labute approximate surface area is 50.4 Å². The van der Waals surface area contributed by atoms with Gasteiger partial charge in [-0.15, -0.1) is 0 Å². The summed E-state index contributed by atoms with van der Waals surface area (Å²) in [5.74, 6) is 0. The average Bonchev–Trinajstić information content (AvgIpc) is 0.722. The molecule has 0 fully saturated rings. The topological polar surface area (TPSA) is 118 Å². The quantitative estimate of drug-likeness (QED) is 0.273. The maximum absolute atomic E-state index is 8.55. The van der Waals surface area contributed by atoms with Gasteiger partial charge in [-0.1, -0.05) is 0 Å². The first-order valence-electron chi connectivity index (χ1n) is 0.730. The summed E-state index contributed by atoms with van der Waals surface area (Å²) in [6, 6.07) is 0. The number of phosphoric acid groups is 1. The molecular weight excluding hydrogens is 166 g/mol. The van der Waals surface area contributed by atoms with Crippen LogP contribution in [0.25, 0.3) is 0 Å². The van der Waals surface area contributed by atoms with Crippen LogP contribution in [0, 0.1) is 0 Å². The third kappa shape index (κ3) is 399. The maximum atomic E-state index is 8.55. The van der Waals surface area contributed by atoms with Gasteiger partial charge < -0.3 is 24.7 Å². The summed E-state index contributed by atoms with van der Waals surface area (Å²) in [6.45, 7) is 0. The van der Waals surface area contributed by atoms with Gasteiger partial charge in [0.1, 0.15) is 0 Å². The molecule has 0 aromatic rings. The van der Waals surface area contributed by atoms with E-state index in [0.717, 1.165) is 0 Å². The van der Waals surface area contributed by atoms with Crippen molar-refractivity contribution < 1.29 is 41.8 Å². The zero-order valence-electron chi connectivity index (χ0n) is 2.96. The summed E-state index contributed by atoms with van der Waals surface area (Å²) in [6.07, 6.45) is 0. The first-order valence-corrected chi connectivity index (χ1v) is 2.19. The van der Waals surface area contributed by atoms with Gasteiger partial charge in [0.15, 0.2) is 0 Å². The average molecular weight is 168 g/mol. The fourth-order valence-electron chi connectivity index (χ4n) is 0. The third-order valence-electron chi connectivity index (χ3n) is 0. The van der Waals surface area contributed by atoms with Crippen LogP contribution < -0.4 is 14.7 Å². The molecule has 0 aliphatic carbocycles. The molecule has 0 aromatic heterocycles. The van der Waals surface area contributed by atoms with Crippen LogP contribution in [0.4, 0.5) is 0 Å². The monoisotopic (exact) mass is 168 g/mol. The molecule has 0 bridgehead atoms. The van der Waals surface area contributed by atoms with Crippen molar-refractivity contribution in [2.75, 3.05) is 0 Å². The molecule has 2 N–H and O–H groups in total. The largest absolute Gasteiger partial charge is 3.00 e. The molecule has 7 heteroatoms. The van der Waals surface area contributed by atoms with E-state index in [0.29, 0.717) is 0 Å². The van der Waals surface area contributed by atoms with Crippen LogP contribution in [0.2, 0.25) is 0 Å². The van der Waals surface area contributed by atoms with Crippen molar-refractivity contribution in [3.8, 4) is 0 Å². The predicted octanol–water partition coefficient (Wildman–Crippen LogP) is -3.65. The van der Waals surface area contributed by atoms with E-state index in [-0.39, 0.29) is 22.5 Å². The smallest absolute Gasteiger partial charge is 0.822 e. The molecule has 0 spiro atoms. The fraction of sp³-hybridized carbons (Fsp3) is 0. The van der Waals surface area contributed by atoms with Crippen LogP contribution in [-0.2, 0) is 21.6 Å². The first kappa shape index (κ1) is 15.6. The summed E-state index contributed by atoms with van der Waals surface area (Å²) in [5.41, 5.74) is 0. The predicted molar refractivity (Wildman–Crippen MR) is 11.2 cm³/mol. The number of rotatable bonds is 0. The SMILES string of the molecule is O.O=P([O-])([O-])[O-].[Mn+3]. The van der Waals surface area contributed by atoms with E-state index >= 15 is 0 Å². The Morgan fingerprint density at radius 2 is 1.14 bits per heavy atom. The Kier molecular flexibility index (Phi) is 10.6. The summed E-state index contributed by atoms with van der Waals surface area (Å²) in [5, 5.41) is 0. The van der Waals surface area contributed by atoms with Crippen molar-refractivity contribution in [2.45, 2.75) is 0 Å². The maximum Gasteiger partial charge on any atom is 3.00 e. The molecule has 0 radical (unpaired) electrons. The van der Waals surface area contributed by atoms with Crippen molar-refractivity contribution in [2.24, 2.45) is 0 Å². The number of hydrogen-bond acceptors (Lipinski definition) is 4. The third-order valence-corrected chi connectivity index (χ3v) is 0. The molecule has 0 heterocycles. The summed E-state index contributed by atoms with van der Waals surface area (Å²) in [7, 11) is -5.39. The molecule has 0 amide bonds. The Bertz CT molecular complexity index is 54.2. The van der Waals surface area contributed by atoms with Crippen LogP contribution >= 0.6 is 7.82 Å². The van der Waals surface area contributed by atoms with Gasteiger partial charge in [0.05, 0.1) is 0 Å². The molecule has 5 nitrogen and oxygen atoms in total. The van der Waals surface area contributed by atoms with E-state index in [1.165, 1.54) is 0 Å². The second kappa shape index (κ2) is 4.74. The van der Waals surface area contributed by atoms with Gasteiger partial charge in [0.25, 0.3) is 0 Å². The Hall–Kier alpha value is 0.589. The molecule has 0 aliphatic rings. The second-order valence-electron chi connectivity index (χ2n) is 0.447. The molecule has 0 aliphatic heterocycles. The Morgan fingerprint density at radius 3 is 1.14 bits per heavy atom. The van der Waals surface area contributed by atoms with Crippen LogP contribution in [0.3, 0.4) is 0 Å². The van der Waals surface area contributed by atoms with Crippen LogP contribution in [0.1, 0.15) is 0 Å². The van der Waals surface area contributed by atoms with E-state index in [4.69, 9.17) is 19.2 Å². The van der Waals surface area contributed by atoms with Gasteiger partial charge in [-0.25, -0.2) is 0 Å². The molecule has 0 aromatic carbocycles. The summed E-state index contributed by atoms with van der Waals surface area (Å²) < 4.78 is 8.55. The zero-order chi connectivity index (χ0) is 4.50. The fourth-order valence-corrected chi connectivity index (χ4v) is 0. The van der Waals surface area contributed by atoms with Gasteiger partial charge in [0.2, 0.25) is 0 Å². The van der Waals surface area contributed by atoms with Gasteiger partial charge in [-0.3, -0.25) is 0 Å². The van der Waals surface area contributed by atoms with E-state index in [1.54, 1.807) is 0 Å². The minimum atomic E-state index is -5.39. The van der Waals surface area contributed by atoms with Gasteiger partial charge in [-0.2, -0.15) is 7.82 Å². The van der Waals surface area contributed by atoms with Crippen molar-refractivity contribution in [1.82, 2.24) is 0 Å². The zero-order valence-corrected chi connectivity index (χ0v) is 5.03. The molecule has 0 atom stereocenters. The molecular formula is H2MnO5P. The summed E-state index contributed by atoms with van der Waals surface area (Å²) in [4.78, 5) is 25.6. The van der Waals surface area contributed by atoms with E-state index in [9.17, 15) is 0 Å². The van der Waals surface area contributed by atoms with Gasteiger partial charge >= 0.3 is 17.1 Å². The minimum absolute atomic E-state index is 0. The molecule has 0 saturated heterocycles. The molecule has 7 heavy (non-hydrogen) atoms. The van der Waals surface area contributed by atoms with E-state index in [2.05, 4.69) is 0 Å². The first-order chi connectivity index (χ1) is 2.00. The van der Waals surface area contributed by atoms with Crippen LogP contribution in [0.5, 0.6) is 0 Å². The van der Waals surface area contributed by atoms with Crippen LogP contribution in [0.15, 0.2) is 0 Å². The number of hydrogen-bond donors (Lipinski definition) is 0. The Balaban J connectivity index is -0.0000000800. The van der Waals surface area contributed by atoms with E-state index in [1.807, 2.05) is 0 Å². The molecule has 44 valence electrons. The molecule has 0 rings (SSSR count). The van der Waals surface area contributed by atoms with Crippen molar-refractivity contribution in [1.29, 1.82) is 0 Å². The Morgan fingerprint density at radius 1 is 1.14 bits per heavy atom. The van der Waals surface area contributed by atoms with Crippen molar-refractivity contribution in [3.63, 3.8) is 0 Å². The second-order valence-corrected chi connectivity index (χ2v) is 1.34.